The van der Waals surface area contributed by atoms with Gasteiger partial charge in [-0.05, 0) is 76.0 Å². The molecule has 0 bridgehead atoms. The topological polar surface area (TPSA) is 120 Å². The monoisotopic (exact) mass is 482 g/mol. The second kappa shape index (κ2) is 24.8. The summed E-state index contributed by atoms with van der Waals surface area (Å²) < 4.78 is 0. The van der Waals surface area contributed by atoms with E-state index in [9.17, 15) is 9.59 Å². The first-order chi connectivity index (χ1) is 16.6. The van der Waals surface area contributed by atoms with E-state index in [1.807, 2.05) is 0 Å². The fourth-order valence-corrected chi connectivity index (χ4v) is 4.89. The lowest BCUT2D eigenvalue weighted by molar-refractivity contribution is 0.186. The molecule has 0 radical (unpaired) electrons. The lowest BCUT2D eigenvalue weighted by atomic mass is 9.76. The first kappa shape index (κ1) is 32.6. The third-order valence-electron chi connectivity index (χ3n) is 6.88. The summed E-state index contributed by atoms with van der Waals surface area (Å²) in [6.45, 7) is 2.36. The van der Waals surface area contributed by atoms with Crippen LogP contribution in [0.4, 0.5) is 0 Å². The molecule has 2 fully saturated rings. The summed E-state index contributed by atoms with van der Waals surface area (Å²) in [7, 11) is 0. The molecule has 198 valence electrons. The van der Waals surface area contributed by atoms with Crippen molar-refractivity contribution >= 4 is 12.2 Å². The summed E-state index contributed by atoms with van der Waals surface area (Å²) in [4.78, 5) is 28.1. The van der Waals surface area contributed by atoms with Crippen molar-refractivity contribution in [1.29, 1.82) is 0 Å². The van der Waals surface area contributed by atoms with Crippen molar-refractivity contribution in [2.75, 3.05) is 19.8 Å². The van der Waals surface area contributed by atoms with Crippen LogP contribution in [-0.4, -0.2) is 59.4 Å². The molecule has 2 aliphatic carbocycles. The molecule has 3 N–H and O–H groups in total. The molecular weight excluding hydrogens is 432 g/mol. The molecule has 0 saturated heterocycles. The fraction of sp³-hybridized carbons (Fsp3) is 0.926. The number of aliphatic hydroxyl groups excluding tert-OH is 3. The fourth-order valence-electron chi connectivity index (χ4n) is 4.89. The summed E-state index contributed by atoms with van der Waals surface area (Å²) in [6.07, 6.45) is 24.0. The normalized spacial score (nSPS) is 23.8. The van der Waals surface area contributed by atoms with Crippen molar-refractivity contribution in [2.24, 2.45) is 21.8 Å². The molecule has 0 aliphatic heterocycles. The maximum atomic E-state index is 10.2. The van der Waals surface area contributed by atoms with Gasteiger partial charge in [0, 0.05) is 6.61 Å². The zero-order valence-corrected chi connectivity index (χ0v) is 21.5. The predicted molar refractivity (Wildman–Crippen MR) is 136 cm³/mol. The molecule has 2 aliphatic rings. The van der Waals surface area contributed by atoms with Crippen LogP contribution in [0.25, 0.3) is 0 Å². The molecule has 0 aromatic heterocycles. The minimum atomic E-state index is -0.125. The van der Waals surface area contributed by atoms with Crippen LogP contribution in [0.1, 0.15) is 116 Å². The number of hydrogen-bond acceptors (Lipinski definition) is 7. The summed E-state index contributed by atoms with van der Waals surface area (Å²) in [5.74, 6) is 1.60. The van der Waals surface area contributed by atoms with Crippen LogP contribution < -0.4 is 0 Å². The molecule has 0 heterocycles. The maximum absolute atomic E-state index is 10.2. The summed E-state index contributed by atoms with van der Waals surface area (Å²) in [5.41, 5.74) is 0. The number of aliphatic imine (C=N–C) groups is 2. The van der Waals surface area contributed by atoms with Crippen molar-refractivity contribution in [3.05, 3.63) is 0 Å². The van der Waals surface area contributed by atoms with E-state index in [1.54, 1.807) is 12.2 Å². The number of rotatable bonds is 13. The Hall–Kier alpha value is -1.36. The molecule has 0 amide bonds. The highest BCUT2D eigenvalue weighted by atomic mass is 16.3. The highest BCUT2D eigenvalue weighted by molar-refractivity contribution is 5.33. The van der Waals surface area contributed by atoms with E-state index in [2.05, 4.69) is 16.9 Å². The van der Waals surface area contributed by atoms with Gasteiger partial charge in [0.1, 0.15) is 0 Å². The van der Waals surface area contributed by atoms with Crippen LogP contribution in [0, 0.1) is 11.8 Å². The predicted octanol–water partition coefficient (Wildman–Crippen LogP) is 5.26. The van der Waals surface area contributed by atoms with Crippen LogP contribution in [-0.2, 0) is 9.59 Å². The number of hydrogen-bond donors (Lipinski definition) is 3. The molecular formula is C27H50N2O5. The minimum absolute atomic E-state index is 0.125. The van der Waals surface area contributed by atoms with E-state index >= 15 is 0 Å². The van der Waals surface area contributed by atoms with E-state index < -0.39 is 0 Å². The quantitative estimate of drug-likeness (QED) is 0.188. The van der Waals surface area contributed by atoms with Crippen LogP contribution in [0.5, 0.6) is 0 Å². The molecule has 0 spiro atoms. The van der Waals surface area contributed by atoms with Crippen molar-refractivity contribution in [1.82, 2.24) is 0 Å². The number of isocyanates is 2. The second-order valence-electron chi connectivity index (χ2n) is 9.67. The Morgan fingerprint density at radius 2 is 0.971 bits per heavy atom. The standard InChI is InChI=1S/C15H22N2O2.C10H22O.C2H6O2/c18-10-16-14-5-1-12(2-6-14)9-13-3-7-15(8-4-13)17-11-19;1-2-3-4-5-6-7-8-9-10-11;3-1-2-4/h12-15H,1-9H2;11H,2-10H2,1H3;3-4H,1-2H2. The van der Waals surface area contributed by atoms with E-state index in [-0.39, 0.29) is 25.3 Å². The van der Waals surface area contributed by atoms with Gasteiger partial charge >= 0.3 is 0 Å². The van der Waals surface area contributed by atoms with Crippen LogP contribution in [0.15, 0.2) is 9.98 Å². The molecule has 0 aromatic rings. The third kappa shape index (κ3) is 19.0. The van der Waals surface area contributed by atoms with E-state index in [0.29, 0.717) is 6.61 Å². The van der Waals surface area contributed by atoms with Gasteiger partial charge in [-0.15, -0.1) is 0 Å². The van der Waals surface area contributed by atoms with Gasteiger partial charge in [-0.25, -0.2) is 19.6 Å². The molecule has 7 nitrogen and oxygen atoms in total. The zero-order valence-electron chi connectivity index (χ0n) is 21.5. The lowest BCUT2D eigenvalue weighted by Crippen LogP contribution is -2.23. The second-order valence-corrected chi connectivity index (χ2v) is 9.67. The van der Waals surface area contributed by atoms with Gasteiger partial charge in [0.05, 0.1) is 25.3 Å². The Morgan fingerprint density at radius 1 is 0.588 bits per heavy atom. The summed E-state index contributed by atoms with van der Waals surface area (Å²) >= 11 is 0. The Bertz CT molecular complexity index is 485. The van der Waals surface area contributed by atoms with Crippen molar-refractivity contribution in [2.45, 2.75) is 128 Å². The van der Waals surface area contributed by atoms with Crippen molar-refractivity contribution in [3.63, 3.8) is 0 Å². The lowest BCUT2D eigenvalue weighted by Gasteiger charge is -2.31. The van der Waals surface area contributed by atoms with Crippen molar-refractivity contribution < 1.29 is 24.9 Å². The minimum Gasteiger partial charge on any atom is -0.396 e. The molecule has 34 heavy (non-hydrogen) atoms. The van der Waals surface area contributed by atoms with E-state index in [1.165, 1.54) is 77.0 Å². The average Bonchev–Trinajstić information content (AvgIpc) is 2.87. The van der Waals surface area contributed by atoms with E-state index in [0.717, 1.165) is 43.9 Å². The maximum Gasteiger partial charge on any atom is 0.235 e. The highest BCUT2D eigenvalue weighted by Crippen LogP contribution is 2.36. The van der Waals surface area contributed by atoms with Gasteiger partial charge in [-0.1, -0.05) is 51.9 Å². The summed E-state index contributed by atoms with van der Waals surface area (Å²) in [6, 6.07) is 0.456. The zero-order chi connectivity index (χ0) is 25.3. The van der Waals surface area contributed by atoms with Gasteiger partial charge in [0.15, 0.2) is 0 Å². The van der Waals surface area contributed by atoms with Gasteiger partial charge in [0.2, 0.25) is 12.2 Å². The van der Waals surface area contributed by atoms with Crippen molar-refractivity contribution in [3.8, 4) is 0 Å². The van der Waals surface area contributed by atoms with Gasteiger partial charge in [-0.3, -0.25) is 0 Å². The molecule has 2 saturated carbocycles. The Kier molecular flexibility index (Phi) is 23.8. The largest absolute Gasteiger partial charge is 0.396 e. The third-order valence-corrected chi connectivity index (χ3v) is 6.88. The number of nitrogens with zero attached hydrogens (tertiary/aromatic N) is 2. The molecule has 7 heteroatoms. The van der Waals surface area contributed by atoms with E-state index in [4.69, 9.17) is 15.3 Å². The Labute approximate surface area is 207 Å². The number of carbonyl (C=O) groups excluding carboxylic acids is 2. The van der Waals surface area contributed by atoms with Crippen LogP contribution >= 0.6 is 0 Å². The molecule has 0 atom stereocenters. The Morgan fingerprint density at radius 3 is 1.29 bits per heavy atom. The highest BCUT2D eigenvalue weighted by Gasteiger charge is 2.26. The average molecular weight is 483 g/mol. The van der Waals surface area contributed by atoms with Gasteiger partial charge in [-0.2, -0.15) is 0 Å². The van der Waals surface area contributed by atoms with Gasteiger partial charge < -0.3 is 15.3 Å². The Balaban J connectivity index is 0.000000616. The SMILES string of the molecule is CCCCCCCCCCO.O=C=NC1CCC(CC2CCC(N=C=O)CC2)CC1.OCCO. The number of aliphatic hydroxyl groups is 3. The smallest absolute Gasteiger partial charge is 0.235 e. The number of unbranched alkanes of at least 4 members (excludes halogenated alkanes) is 7. The first-order valence-corrected chi connectivity index (χ1v) is 13.6. The summed E-state index contributed by atoms with van der Waals surface area (Å²) in [5, 5.41) is 23.8. The molecule has 0 unspecified atom stereocenters. The van der Waals surface area contributed by atoms with Gasteiger partial charge in [0.25, 0.3) is 0 Å². The van der Waals surface area contributed by atoms with Crippen LogP contribution in [0.2, 0.25) is 0 Å². The molecule has 2 rings (SSSR count). The van der Waals surface area contributed by atoms with Crippen LogP contribution in [0.3, 0.4) is 0 Å². The first-order valence-electron chi connectivity index (χ1n) is 13.6. The molecule has 0 aromatic carbocycles.